The van der Waals surface area contributed by atoms with Gasteiger partial charge in [0.25, 0.3) is 5.91 Å². The Morgan fingerprint density at radius 2 is 1.87 bits per heavy atom. The van der Waals surface area contributed by atoms with Crippen LogP contribution in [0, 0.1) is 25.6 Å². The van der Waals surface area contributed by atoms with Gasteiger partial charge in [-0.25, -0.2) is 9.07 Å². The third kappa shape index (κ3) is 4.82. The monoisotopic (exact) mass is 509 g/mol. The van der Waals surface area contributed by atoms with Crippen molar-refractivity contribution in [2.45, 2.75) is 32.7 Å². The van der Waals surface area contributed by atoms with Crippen LogP contribution in [0.4, 0.5) is 10.1 Å². The minimum Gasteiger partial charge on any atom is -0.356 e. The molecule has 7 nitrogen and oxygen atoms in total. The molecule has 8 heteroatoms. The van der Waals surface area contributed by atoms with E-state index in [1.807, 2.05) is 44.2 Å². The maximum atomic E-state index is 15.0. The summed E-state index contributed by atoms with van der Waals surface area (Å²) in [7, 11) is 0. The van der Waals surface area contributed by atoms with Gasteiger partial charge >= 0.3 is 0 Å². The van der Waals surface area contributed by atoms with E-state index in [-0.39, 0.29) is 11.7 Å². The average Bonchev–Trinajstić information content (AvgIpc) is 3.57. The summed E-state index contributed by atoms with van der Waals surface area (Å²) < 4.78 is 21.8. The van der Waals surface area contributed by atoms with Crippen LogP contribution in [0.15, 0.2) is 77.3 Å². The Labute approximate surface area is 219 Å². The minimum atomic E-state index is -0.500. The van der Waals surface area contributed by atoms with Crippen LogP contribution in [-0.4, -0.2) is 27.4 Å². The lowest BCUT2D eigenvalue weighted by molar-refractivity contribution is 0.101. The number of carbonyl (C=O) groups is 1. The second kappa shape index (κ2) is 9.87. The maximum Gasteiger partial charge on any atom is 0.274 e. The summed E-state index contributed by atoms with van der Waals surface area (Å²) in [5.74, 6) is -0.267. The Kier molecular flexibility index (Phi) is 6.25. The van der Waals surface area contributed by atoms with Crippen molar-refractivity contribution >= 4 is 22.6 Å². The van der Waals surface area contributed by atoms with E-state index in [9.17, 15) is 9.18 Å². The normalized spacial score (nSPS) is 14.1. The molecule has 1 aliphatic rings. The number of nitrogens with zero attached hydrogens (tertiary/aromatic N) is 3. The van der Waals surface area contributed by atoms with E-state index in [2.05, 4.69) is 33.0 Å². The highest BCUT2D eigenvalue weighted by atomic mass is 19.1. The Morgan fingerprint density at radius 1 is 1.05 bits per heavy atom. The summed E-state index contributed by atoms with van der Waals surface area (Å²) in [6.07, 6.45) is 2.46. The molecule has 1 amide bonds. The van der Waals surface area contributed by atoms with Crippen LogP contribution in [0.2, 0.25) is 0 Å². The minimum absolute atomic E-state index is 0.112. The van der Waals surface area contributed by atoms with Crippen molar-refractivity contribution in [3.05, 3.63) is 107 Å². The number of halogens is 1. The number of hydrogen-bond donors (Lipinski definition) is 2. The lowest BCUT2D eigenvalue weighted by atomic mass is 9.97. The van der Waals surface area contributed by atoms with Crippen molar-refractivity contribution in [2.24, 2.45) is 5.92 Å². The highest BCUT2D eigenvalue weighted by molar-refractivity contribution is 6.03. The van der Waals surface area contributed by atoms with Crippen LogP contribution >= 0.6 is 0 Å². The Hall–Kier alpha value is -4.30. The van der Waals surface area contributed by atoms with Crippen molar-refractivity contribution < 1.29 is 13.7 Å². The van der Waals surface area contributed by atoms with Crippen molar-refractivity contribution in [3.63, 3.8) is 0 Å². The van der Waals surface area contributed by atoms with Crippen molar-refractivity contribution in [3.8, 4) is 5.69 Å². The lowest BCUT2D eigenvalue weighted by Gasteiger charge is -2.21. The molecule has 0 spiro atoms. The van der Waals surface area contributed by atoms with Crippen LogP contribution in [0.5, 0.6) is 0 Å². The molecule has 2 heterocycles. The smallest absolute Gasteiger partial charge is 0.274 e. The third-order valence-corrected chi connectivity index (χ3v) is 6.96. The molecule has 1 saturated carbocycles. The van der Waals surface area contributed by atoms with E-state index in [4.69, 9.17) is 4.52 Å². The van der Waals surface area contributed by atoms with Crippen LogP contribution in [0.3, 0.4) is 0 Å². The molecule has 2 N–H and O–H groups in total. The summed E-state index contributed by atoms with van der Waals surface area (Å²) >= 11 is 0. The van der Waals surface area contributed by atoms with E-state index in [1.54, 1.807) is 28.9 Å². The first-order valence-electron chi connectivity index (χ1n) is 12.8. The number of anilines is 1. The lowest BCUT2D eigenvalue weighted by Crippen LogP contribution is -2.25. The first kappa shape index (κ1) is 24.1. The molecule has 0 aliphatic heterocycles. The fourth-order valence-electron chi connectivity index (χ4n) is 4.72. The van der Waals surface area contributed by atoms with Gasteiger partial charge in [0.2, 0.25) is 0 Å². The Morgan fingerprint density at radius 3 is 2.66 bits per heavy atom. The highest BCUT2D eigenvalue weighted by Crippen LogP contribution is 2.31. The topological polar surface area (TPSA) is 85.0 Å². The van der Waals surface area contributed by atoms with Crippen molar-refractivity contribution in [1.29, 1.82) is 0 Å². The molecular formula is C30H28FN5O2. The molecule has 5 aromatic rings. The number of aryl methyl sites for hydroxylation is 2. The fraction of sp³-hybridized carbons (Fsp3) is 0.233. The summed E-state index contributed by atoms with van der Waals surface area (Å²) in [5, 5.41) is 15.8. The number of benzene rings is 3. The number of aromatic nitrogens is 3. The largest absolute Gasteiger partial charge is 0.356 e. The van der Waals surface area contributed by atoms with E-state index in [0.717, 1.165) is 28.8 Å². The number of fused-ring (bicyclic) bond motifs is 1. The SMILES string of the molecule is Cc1cc(C(=O)Nc2cc(C(NCC3CC3)c3ccccc3)ccc2F)n(-c2ccc3onc(C)c3c2)n1. The Balaban J connectivity index is 1.31. The van der Waals surface area contributed by atoms with Crippen LogP contribution < -0.4 is 10.6 Å². The molecule has 192 valence electrons. The van der Waals surface area contributed by atoms with Gasteiger partial charge in [0.15, 0.2) is 5.58 Å². The molecule has 0 saturated heterocycles. The molecule has 6 rings (SSSR count). The summed E-state index contributed by atoms with van der Waals surface area (Å²) in [6, 6.07) is 22.0. The second-order valence-electron chi connectivity index (χ2n) is 9.92. The van der Waals surface area contributed by atoms with Gasteiger partial charge in [-0.05, 0) is 86.7 Å². The number of carbonyl (C=O) groups excluding carboxylic acids is 1. The van der Waals surface area contributed by atoms with E-state index >= 15 is 0 Å². The zero-order valence-corrected chi connectivity index (χ0v) is 21.2. The van der Waals surface area contributed by atoms with Gasteiger partial charge < -0.3 is 15.2 Å². The molecule has 1 atom stereocenters. The summed E-state index contributed by atoms with van der Waals surface area (Å²) in [6.45, 7) is 4.57. The number of amides is 1. The van der Waals surface area contributed by atoms with Gasteiger partial charge in [0, 0.05) is 5.39 Å². The van der Waals surface area contributed by atoms with Crippen molar-refractivity contribution in [2.75, 3.05) is 11.9 Å². The molecule has 3 aromatic carbocycles. The molecule has 0 bridgehead atoms. The van der Waals surface area contributed by atoms with E-state index < -0.39 is 11.7 Å². The van der Waals surface area contributed by atoms with Gasteiger partial charge in [-0.15, -0.1) is 0 Å². The third-order valence-electron chi connectivity index (χ3n) is 6.96. The number of rotatable bonds is 8. The van der Waals surface area contributed by atoms with Gasteiger partial charge in [-0.2, -0.15) is 5.10 Å². The standard InChI is InChI=1S/C30H28FN5O2/c1-18-14-27(36(34-18)23-11-13-28-24(16-23)19(2)35-38-28)30(37)33-26-15-22(10-12-25(26)31)29(32-17-20-8-9-20)21-6-4-3-5-7-21/h3-7,10-16,20,29,32H,8-9,17H2,1-2H3,(H,33,37). The molecule has 1 fully saturated rings. The summed E-state index contributed by atoms with van der Waals surface area (Å²) in [4.78, 5) is 13.4. The van der Waals surface area contributed by atoms with Gasteiger partial charge in [0.1, 0.15) is 11.5 Å². The maximum absolute atomic E-state index is 15.0. The average molecular weight is 510 g/mol. The van der Waals surface area contributed by atoms with Crippen LogP contribution in [-0.2, 0) is 0 Å². The number of nitrogens with one attached hydrogen (secondary N) is 2. The molecule has 38 heavy (non-hydrogen) atoms. The first-order chi connectivity index (χ1) is 18.5. The molecular weight excluding hydrogens is 481 g/mol. The summed E-state index contributed by atoms with van der Waals surface area (Å²) in [5.41, 5.74) is 5.15. The van der Waals surface area contributed by atoms with Gasteiger partial charge in [0.05, 0.1) is 28.8 Å². The fourth-order valence-corrected chi connectivity index (χ4v) is 4.72. The zero-order chi connectivity index (χ0) is 26.2. The quantitative estimate of drug-likeness (QED) is 0.264. The van der Waals surface area contributed by atoms with Gasteiger partial charge in [-0.1, -0.05) is 41.6 Å². The second-order valence-corrected chi connectivity index (χ2v) is 9.92. The first-order valence-corrected chi connectivity index (χ1v) is 12.8. The predicted molar refractivity (Wildman–Crippen MR) is 144 cm³/mol. The molecule has 1 aliphatic carbocycles. The van der Waals surface area contributed by atoms with E-state index in [0.29, 0.717) is 28.6 Å². The molecule has 0 radical (unpaired) electrons. The van der Waals surface area contributed by atoms with Crippen LogP contribution in [0.25, 0.3) is 16.7 Å². The molecule has 1 unspecified atom stereocenters. The predicted octanol–water partition coefficient (Wildman–Crippen LogP) is 6.11. The molecule has 2 aromatic heterocycles. The Bertz CT molecular complexity index is 1620. The van der Waals surface area contributed by atoms with Gasteiger partial charge in [-0.3, -0.25) is 4.79 Å². The van der Waals surface area contributed by atoms with Crippen molar-refractivity contribution in [1.82, 2.24) is 20.3 Å². The van der Waals surface area contributed by atoms with E-state index in [1.165, 1.54) is 18.9 Å². The number of hydrogen-bond acceptors (Lipinski definition) is 5. The highest BCUT2D eigenvalue weighted by Gasteiger charge is 2.24. The zero-order valence-electron chi connectivity index (χ0n) is 21.2. The van der Waals surface area contributed by atoms with Crippen LogP contribution in [0.1, 0.15) is 51.9 Å².